The monoisotopic (exact) mass is 284 g/mol. The summed E-state index contributed by atoms with van der Waals surface area (Å²) < 4.78 is 9.84. The minimum Gasteiger partial charge on any atom is -0.496 e. The Bertz CT molecular complexity index is 491. The Balaban J connectivity index is 3.00. The van der Waals surface area contributed by atoms with Crippen LogP contribution in [0.25, 0.3) is 0 Å². The number of methoxy groups -OCH3 is 2. The van der Waals surface area contributed by atoms with Gasteiger partial charge in [-0.3, -0.25) is 14.9 Å². The molecule has 1 amide bonds. The van der Waals surface area contributed by atoms with Crippen molar-refractivity contribution >= 4 is 11.6 Å². The van der Waals surface area contributed by atoms with Crippen LogP contribution in [0.15, 0.2) is 18.2 Å². The second-order valence-electron chi connectivity index (χ2n) is 3.95. The van der Waals surface area contributed by atoms with Gasteiger partial charge in [-0.05, 0) is 6.07 Å². The first-order valence-corrected chi connectivity index (χ1v) is 5.76. The highest BCUT2D eigenvalue weighted by Crippen LogP contribution is 2.23. The normalized spacial score (nSPS) is 11.8. The summed E-state index contributed by atoms with van der Waals surface area (Å²) in [5.74, 6) is -0.371. The molecule has 0 radical (unpaired) electrons. The van der Waals surface area contributed by atoms with Gasteiger partial charge >= 0.3 is 0 Å². The molecule has 0 saturated carbocycles. The lowest BCUT2D eigenvalue weighted by atomic mass is 10.1. The van der Waals surface area contributed by atoms with E-state index >= 15 is 0 Å². The molecule has 0 bridgehead atoms. The summed E-state index contributed by atoms with van der Waals surface area (Å²) in [6.07, 6.45) is 0. The molecule has 0 aromatic heterocycles. The minimum absolute atomic E-state index is 0.0243. The number of amides is 1. The topological polar surface area (TPSA) is 111 Å². The van der Waals surface area contributed by atoms with E-state index < -0.39 is 16.9 Å². The van der Waals surface area contributed by atoms with E-state index in [1.165, 1.54) is 26.4 Å². The average molecular weight is 284 g/mol. The number of rotatable bonds is 7. The van der Waals surface area contributed by atoms with Crippen molar-refractivity contribution in [1.82, 2.24) is 5.32 Å². The van der Waals surface area contributed by atoms with Crippen molar-refractivity contribution in [1.29, 1.82) is 0 Å². The molecule has 1 aromatic carbocycles. The Morgan fingerprint density at radius 2 is 2.20 bits per heavy atom. The standard InChI is InChI=1S/C12H16N2O6/c1-19-7-8(6-15)13-12(16)10-5-9(14(17)18)3-4-11(10)20-2/h3-5,8,15H,6-7H2,1-2H3,(H,13,16). The van der Waals surface area contributed by atoms with Crippen LogP contribution in [-0.4, -0.2) is 49.4 Å². The third-order valence-corrected chi connectivity index (χ3v) is 2.56. The van der Waals surface area contributed by atoms with Gasteiger partial charge in [0.2, 0.25) is 0 Å². The number of hydrogen-bond donors (Lipinski definition) is 2. The van der Waals surface area contributed by atoms with E-state index in [4.69, 9.17) is 14.6 Å². The molecule has 0 saturated heterocycles. The number of carbonyl (C=O) groups excluding carboxylic acids is 1. The fourth-order valence-corrected chi connectivity index (χ4v) is 1.59. The molecule has 0 heterocycles. The number of nitrogens with zero attached hydrogens (tertiary/aromatic N) is 1. The van der Waals surface area contributed by atoms with Gasteiger partial charge in [-0.15, -0.1) is 0 Å². The van der Waals surface area contributed by atoms with Crippen LogP contribution < -0.4 is 10.1 Å². The van der Waals surface area contributed by atoms with Crippen LogP contribution in [0.4, 0.5) is 5.69 Å². The fraction of sp³-hybridized carbons (Fsp3) is 0.417. The lowest BCUT2D eigenvalue weighted by molar-refractivity contribution is -0.384. The number of carbonyl (C=O) groups is 1. The van der Waals surface area contributed by atoms with Crippen LogP contribution in [0.3, 0.4) is 0 Å². The maximum atomic E-state index is 12.1. The van der Waals surface area contributed by atoms with Crippen LogP contribution >= 0.6 is 0 Å². The van der Waals surface area contributed by atoms with Crippen LogP contribution in [-0.2, 0) is 4.74 Å². The summed E-state index contributed by atoms with van der Waals surface area (Å²) >= 11 is 0. The van der Waals surface area contributed by atoms with Gasteiger partial charge in [-0.2, -0.15) is 0 Å². The molecule has 1 rings (SSSR count). The molecule has 1 aromatic rings. The second-order valence-corrected chi connectivity index (χ2v) is 3.95. The van der Waals surface area contributed by atoms with Gasteiger partial charge in [0.1, 0.15) is 5.75 Å². The molecular weight excluding hydrogens is 268 g/mol. The number of ether oxygens (including phenoxy) is 2. The number of nitrogens with one attached hydrogen (secondary N) is 1. The van der Waals surface area contributed by atoms with Crippen LogP contribution in [0.5, 0.6) is 5.75 Å². The van der Waals surface area contributed by atoms with E-state index in [1.807, 2.05) is 0 Å². The molecule has 0 aliphatic carbocycles. The van der Waals surface area contributed by atoms with Gasteiger partial charge in [0.05, 0.1) is 36.9 Å². The van der Waals surface area contributed by atoms with E-state index in [0.29, 0.717) is 0 Å². The number of benzene rings is 1. The zero-order chi connectivity index (χ0) is 15.1. The summed E-state index contributed by atoms with van der Waals surface area (Å²) in [5, 5.41) is 22.3. The SMILES string of the molecule is COCC(CO)NC(=O)c1cc([N+](=O)[O-])ccc1OC. The summed E-state index contributed by atoms with van der Waals surface area (Å²) in [6.45, 7) is -0.184. The molecule has 0 aliphatic rings. The number of hydrogen-bond acceptors (Lipinski definition) is 6. The Labute approximate surface area is 115 Å². The molecule has 8 heteroatoms. The van der Waals surface area contributed by atoms with E-state index in [2.05, 4.69) is 5.32 Å². The van der Waals surface area contributed by atoms with Crippen molar-refractivity contribution < 1.29 is 24.3 Å². The first kappa shape index (κ1) is 15.9. The Kier molecular flexibility index (Phi) is 5.88. The van der Waals surface area contributed by atoms with Gasteiger partial charge in [0, 0.05) is 19.2 Å². The minimum atomic E-state index is -0.602. The summed E-state index contributed by atoms with van der Waals surface area (Å²) in [6, 6.07) is 3.11. The molecule has 0 aliphatic heterocycles. The Hall–Kier alpha value is -2.19. The number of nitro groups is 1. The van der Waals surface area contributed by atoms with Crippen LogP contribution in [0.1, 0.15) is 10.4 Å². The predicted octanol–water partition coefficient (Wildman–Crippen LogP) is 0.340. The molecule has 20 heavy (non-hydrogen) atoms. The zero-order valence-electron chi connectivity index (χ0n) is 11.2. The summed E-state index contributed by atoms with van der Waals surface area (Å²) in [7, 11) is 2.79. The number of aliphatic hydroxyl groups excluding tert-OH is 1. The molecule has 1 atom stereocenters. The quantitative estimate of drug-likeness (QED) is 0.551. The first-order chi connectivity index (χ1) is 9.53. The third kappa shape index (κ3) is 3.90. The number of aliphatic hydroxyl groups is 1. The molecule has 0 fully saturated rings. The van der Waals surface area contributed by atoms with Gasteiger partial charge in [-0.25, -0.2) is 0 Å². The fourth-order valence-electron chi connectivity index (χ4n) is 1.59. The number of nitro benzene ring substituents is 1. The highest BCUT2D eigenvalue weighted by Gasteiger charge is 2.19. The lowest BCUT2D eigenvalue weighted by Crippen LogP contribution is -2.40. The largest absolute Gasteiger partial charge is 0.496 e. The number of non-ortho nitro benzene ring substituents is 1. The highest BCUT2D eigenvalue weighted by atomic mass is 16.6. The van der Waals surface area contributed by atoms with E-state index in [-0.39, 0.29) is 30.2 Å². The van der Waals surface area contributed by atoms with Gasteiger partial charge in [-0.1, -0.05) is 0 Å². The summed E-state index contributed by atoms with van der Waals surface area (Å²) in [4.78, 5) is 22.2. The van der Waals surface area contributed by atoms with Gasteiger partial charge in [0.15, 0.2) is 0 Å². The Morgan fingerprint density at radius 3 is 2.70 bits per heavy atom. The smallest absolute Gasteiger partial charge is 0.270 e. The van der Waals surface area contributed by atoms with Crippen molar-refractivity contribution in [3.63, 3.8) is 0 Å². The van der Waals surface area contributed by atoms with E-state index in [1.54, 1.807) is 0 Å². The molecule has 1 unspecified atom stereocenters. The van der Waals surface area contributed by atoms with Crippen LogP contribution in [0, 0.1) is 10.1 Å². The van der Waals surface area contributed by atoms with Gasteiger partial charge in [0.25, 0.3) is 11.6 Å². The molecule has 2 N–H and O–H groups in total. The molecule has 110 valence electrons. The molecular formula is C12H16N2O6. The molecule has 8 nitrogen and oxygen atoms in total. The predicted molar refractivity (Wildman–Crippen MR) is 69.9 cm³/mol. The van der Waals surface area contributed by atoms with Crippen molar-refractivity contribution in [2.75, 3.05) is 27.4 Å². The summed E-state index contributed by atoms with van der Waals surface area (Å²) in [5.41, 5.74) is -0.195. The second kappa shape index (κ2) is 7.41. The lowest BCUT2D eigenvalue weighted by Gasteiger charge is -2.16. The van der Waals surface area contributed by atoms with Crippen molar-refractivity contribution in [3.05, 3.63) is 33.9 Å². The van der Waals surface area contributed by atoms with Crippen molar-refractivity contribution in [3.8, 4) is 5.75 Å². The van der Waals surface area contributed by atoms with Crippen molar-refractivity contribution in [2.45, 2.75) is 6.04 Å². The Morgan fingerprint density at radius 1 is 1.50 bits per heavy atom. The zero-order valence-corrected chi connectivity index (χ0v) is 11.2. The average Bonchev–Trinajstić information content (AvgIpc) is 2.45. The molecule has 0 spiro atoms. The van der Waals surface area contributed by atoms with Crippen molar-refractivity contribution in [2.24, 2.45) is 0 Å². The van der Waals surface area contributed by atoms with Crippen LogP contribution in [0.2, 0.25) is 0 Å². The van der Waals surface area contributed by atoms with E-state index in [0.717, 1.165) is 6.07 Å². The maximum absolute atomic E-state index is 12.1. The third-order valence-electron chi connectivity index (χ3n) is 2.56. The first-order valence-electron chi connectivity index (χ1n) is 5.76. The maximum Gasteiger partial charge on any atom is 0.270 e. The van der Waals surface area contributed by atoms with Gasteiger partial charge < -0.3 is 19.9 Å². The van der Waals surface area contributed by atoms with E-state index in [9.17, 15) is 14.9 Å². The highest BCUT2D eigenvalue weighted by molar-refractivity contribution is 5.97.